The van der Waals surface area contributed by atoms with Gasteiger partial charge in [0.15, 0.2) is 11.5 Å². The minimum absolute atomic E-state index is 0.108. The van der Waals surface area contributed by atoms with Crippen molar-refractivity contribution in [3.8, 4) is 17.2 Å². The van der Waals surface area contributed by atoms with E-state index in [0.29, 0.717) is 42.5 Å². The van der Waals surface area contributed by atoms with Crippen LogP contribution in [0.15, 0.2) is 42.5 Å². The minimum atomic E-state index is -0.176. The predicted molar refractivity (Wildman–Crippen MR) is 120 cm³/mol. The summed E-state index contributed by atoms with van der Waals surface area (Å²) >= 11 is 1.26. The fourth-order valence-corrected chi connectivity index (χ4v) is 3.35. The molecule has 7 nitrogen and oxygen atoms in total. The van der Waals surface area contributed by atoms with Crippen molar-refractivity contribution in [3.05, 3.63) is 48.0 Å². The molecule has 2 N–H and O–H groups in total. The number of benzene rings is 2. The van der Waals surface area contributed by atoms with E-state index in [1.54, 1.807) is 26.4 Å². The summed E-state index contributed by atoms with van der Waals surface area (Å²) in [5, 5.41) is 5.68. The Morgan fingerprint density at radius 3 is 2.40 bits per heavy atom. The number of amides is 2. The van der Waals surface area contributed by atoms with Gasteiger partial charge in [0, 0.05) is 6.54 Å². The SMILES string of the molecule is CCOc1ccccc1NC(=O)CSCC(=O)NCCc1ccc(OC)c(OC)c1. The van der Waals surface area contributed by atoms with Gasteiger partial charge in [-0.15, -0.1) is 11.8 Å². The van der Waals surface area contributed by atoms with Crippen LogP contribution in [-0.2, 0) is 16.0 Å². The molecule has 0 bridgehead atoms. The average molecular weight is 433 g/mol. The van der Waals surface area contributed by atoms with Crippen molar-refractivity contribution in [3.63, 3.8) is 0 Å². The van der Waals surface area contributed by atoms with Crippen molar-refractivity contribution in [2.24, 2.45) is 0 Å². The van der Waals surface area contributed by atoms with Gasteiger partial charge in [0.1, 0.15) is 5.75 Å². The number of anilines is 1. The summed E-state index contributed by atoms with van der Waals surface area (Å²) in [6.07, 6.45) is 0.672. The number of ether oxygens (including phenoxy) is 3. The van der Waals surface area contributed by atoms with Crippen LogP contribution in [0.25, 0.3) is 0 Å². The highest BCUT2D eigenvalue weighted by molar-refractivity contribution is 8.00. The minimum Gasteiger partial charge on any atom is -0.493 e. The molecule has 0 aliphatic heterocycles. The third-order valence-corrected chi connectivity index (χ3v) is 5.04. The molecular formula is C22H28N2O5S. The van der Waals surface area contributed by atoms with Gasteiger partial charge in [-0.2, -0.15) is 0 Å². The highest BCUT2D eigenvalue weighted by Gasteiger charge is 2.09. The zero-order chi connectivity index (χ0) is 21.8. The van der Waals surface area contributed by atoms with Crippen molar-refractivity contribution in [1.29, 1.82) is 0 Å². The Hall–Kier alpha value is -2.87. The van der Waals surface area contributed by atoms with Crippen LogP contribution in [0.5, 0.6) is 17.2 Å². The van der Waals surface area contributed by atoms with E-state index >= 15 is 0 Å². The first-order chi connectivity index (χ1) is 14.6. The second-order valence-corrected chi connectivity index (χ2v) is 7.25. The Morgan fingerprint density at radius 1 is 0.933 bits per heavy atom. The first-order valence-electron chi connectivity index (χ1n) is 9.64. The monoisotopic (exact) mass is 432 g/mol. The maximum absolute atomic E-state index is 12.1. The van der Waals surface area contributed by atoms with Gasteiger partial charge in [-0.25, -0.2) is 0 Å². The zero-order valence-corrected chi connectivity index (χ0v) is 18.3. The molecule has 2 rings (SSSR count). The van der Waals surface area contributed by atoms with E-state index in [4.69, 9.17) is 14.2 Å². The molecule has 8 heteroatoms. The van der Waals surface area contributed by atoms with Gasteiger partial charge < -0.3 is 24.8 Å². The van der Waals surface area contributed by atoms with Crippen LogP contribution >= 0.6 is 11.8 Å². The summed E-state index contributed by atoms with van der Waals surface area (Å²) in [6, 6.07) is 12.9. The maximum atomic E-state index is 12.1. The molecule has 0 aliphatic carbocycles. The summed E-state index contributed by atoms with van der Waals surface area (Å²) in [5.41, 5.74) is 1.66. The number of hydrogen-bond acceptors (Lipinski definition) is 6. The van der Waals surface area contributed by atoms with Crippen LogP contribution in [0, 0.1) is 0 Å². The second-order valence-electron chi connectivity index (χ2n) is 6.26. The summed E-state index contributed by atoms with van der Waals surface area (Å²) in [4.78, 5) is 24.1. The standard InChI is InChI=1S/C22H28N2O5S/c1-4-29-18-8-6-5-7-17(18)24-22(26)15-30-14-21(25)23-12-11-16-9-10-19(27-2)20(13-16)28-3/h5-10,13H,4,11-12,14-15H2,1-3H3,(H,23,25)(H,24,26). The van der Waals surface area contributed by atoms with E-state index in [0.717, 1.165) is 5.56 Å². The van der Waals surface area contributed by atoms with Gasteiger partial charge in [-0.1, -0.05) is 18.2 Å². The number of carbonyl (C=O) groups is 2. The Bertz CT molecular complexity index is 844. The lowest BCUT2D eigenvalue weighted by Gasteiger charge is -2.11. The predicted octanol–water partition coefficient (Wildman–Crippen LogP) is 3.13. The molecule has 2 aromatic rings. The fraction of sp³-hybridized carbons (Fsp3) is 0.364. The molecule has 0 saturated carbocycles. The quantitative estimate of drug-likeness (QED) is 0.536. The van der Waals surface area contributed by atoms with Crippen LogP contribution in [0.4, 0.5) is 5.69 Å². The van der Waals surface area contributed by atoms with Crippen LogP contribution in [0.1, 0.15) is 12.5 Å². The van der Waals surface area contributed by atoms with Gasteiger partial charge in [0.2, 0.25) is 11.8 Å². The van der Waals surface area contributed by atoms with Crippen molar-refractivity contribution < 1.29 is 23.8 Å². The average Bonchev–Trinajstić information content (AvgIpc) is 2.75. The molecule has 0 radical (unpaired) electrons. The zero-order valence-electron chi connectivity index (χ0n) is 17.5. The molecule has 2 aromatic carbocycles. The number of methoxy groups -OCH3 is 2. The van der Waals surface area contributed by atoms with Crippen molar-refractivity contribution in [1.82, 2.24) is 5.32 Å². The molecule has 0 fully saturated rings. The lowest BCUT2D eigenvalue weighted by molar-refractivity contribution is -0.118. The van der Waals surface area contributed by atoms with E-state index < -0.39 is 0 Å². The third kappa shape index (κ3) is 7.51. The number of para-hydroxylation sites is 2. The Balaban J connectivity index is 1.68. The number of rotatable bonds is 12. The van der Waals surface area contributed by atoms with Gasteiger partial charge >= 0.3 is 0 Å². The first kappa shape index (κ1) is 23.4. The molecule has 0 unspecified atom stereocenters. The first-order valence-corrected chi connectivity index (χ1v) is 10.8. The van der Waals surface area contributed by atoms with E-state index in [9.17, 15) is 9.59 Å². The molecule has 0 saturated heterocycles. The molecule has 0 aliphatic rings. The number of hydrogen-bond donors (Lipinski definition) is 2. The molecule has 0 spiro atoms. The Morgan fingerprint density at radius 2 is 1.67 bits per heavy atom. The molecule has 0 atom stereocenters. The summed E-state index contributed by atoms with van der Waals surface area (Å²) in [5.74, 6) is 2.08. The smallest absolute Gasteiger partial charge is 0.234 e. The lowest BCUT2D eigenvalue weighted by atomic mass is 10.1. The summed E-state index contributed by atoms with van der Waals surface area (Å²) in [6.45, 7) is 2.91. The molecular weight excluding hydrogens is 404 g/mol. The van der Waals surface area contributed by atoms with Gasteiger partial charge in [-0.05, 0) is 43.2 Å². The van der Waals surface area contributed by atoms with Crippen LogP contribution < -0.4 is 24.8 Å². The highest BCUT2D eigenvalue weighted by Crippen LogP contribution is 2.27. The van der Waals surface area contributed by atoms with Crippen LogP contribution in [0.2, 0.25) is 0 Å². The highest BCUT2D eigenvalue weighted by atomic mass is 32.2. The molecule has 0 heterocycles. The number of thioether (sulfide) groups is 1. The van der Waals surface area contributed by atoms with Gasteiger partial charge in [0.25, 0.3) is 0 Å². The molecule has 162 valence electrons. The molecule has 0 aromatic heterocycles. The Labute approximate surface area is 181 Å². The van der Waals surface area contributed by atoms with Gasteiger partial charge in [0.05, 0.1) is 38.0 Å². The maximum Gasteiger partial charge on any atom is 0.234 e. The van der Waals surface area contributed by atoms with E-state index in [1.165, 1.54) is 11.8 Å². The number of nitrogens with one attached hydrogen (secondary N) is 2. The summed E-state index contributed by atoms with van der Waals surface area (Å²) < 4.78 is 16.0. The summed E-state index contributed by atoms with van der Waals surface area (Å²) in [7, 11) is 3.18. The lowest BCUT2D eigenvalue weighted by Crippen LogP contribution is -2.28. The van der Waals surface area contributed by atoms with E-state index in [2.05, 4.69) is 10.6 Å². The third-order valence-electron chi connectivity index (χ3n) is 4.11. The second kappa shape index (κ2) is 12.6. The van der Waals surface area contributed by atoms with E-state index in [1.807, 2.05) is 37.3 Å². The van der Waals surface area contributed by atoms with Crippen molar-refractivity contribution in [2.45, 2.75) is 13.3 Å². The van der Waals surface area contributed by atoms with Crippen LogP contribution in [-0.4, -0.2) is 50.7 Å². The largest absolute Gasteiger partial charge is 0.493 e. The van der Waals surface area contributed by atoms with E-state index in [-0.39, 0.29) is 23.3 Å². The van der Waals surface area contributed by atoms with Gasteiger partial charge in [-0.3, -0.25) is 9.59 Å². The van der Waals surface area contributed by atoms with Crippen LogP contribution in [0.3, 0.4) is 0 Å². The molecule has 2 amide bonds. The fourth-order valence-electron chi connectivity index (χ4n) is 2.71. The molecule has 30 heavy (non-hydrogen) atoms. The topological polar surface area (TPSA) is 85.9 Å². The van der Waals surface area contributed by atoms with Crippen molar-refractivity contribution >= 4 is 29.3 Å². The number of carbonyl (C=O) groups excluding carboxylic acids is 2. The normalized spacial score (nSPS) is 10.2. The Kier molecular flexibility index (Phi) is 9.86. The van der Waals surface area contributed by atoms with Crippen molar-refractivity contribution in [2.75, 3.05) is 44.2 Å².